The topological polar surface area (TPSA) is 92.5 Å². The number of likely N-dealkylation sites (tertiary alicyclic amines) is 1. The van der Waals surface area contributed by atoms with Crippen molar-refractivity contribution in [3.63, 3.8) is 0 Å². The number of ketones is 1. The van der Waals surface area contributed by atoms with Gasteiger partial charge in [0, 0.05) is 12.5 Å². The smallest absolute Gasteiger partial charge is 0.318 e. The molecule has 1 fully saturated rings. The first-order chi connectivity index (χ1) is 7.99. The van der Waals surface area contributed by atoms with Crippen LogP contribution in [0.5, 0.6) is 0 Å². The second kappa shape index (κ2) is 6.34. The Morgan fingerprint density at radius 2 is 2.06 bits per heavy atom. The molecular formula is C11H19N3O3. The molecule has 1 aliphatic heterocycles. The minimum atomic E-state index is -0.838. The van der Waals surface area contributed by atoms with Crippen LogP contribution in [-0.2, 0) is 9.59 Å². The average molecular weight is 241 g/mol. The minimum Gasteiger partial charge on any atom is -0.351 e. The normalized spacial score (nSPS) is 20.9. The molecule has 0 aromatic heterocycles. The molecule has 1 heterocycles. The number of nitrogens with zero attached hydrogens (tertiary/aromatic N) is 1. The van der Waals surface area contributed by atoms with E-state index in [1.807, 2.05) is 10.2 Å². The highest BCUT2D eigenvalue weighted by Gasteiger charge is 2.25. The van der Waals surface area contributed by atoms with Crippen LogP contribution in [0.4, 0.5) is 4.79 Å². The highest BCUT2D eigenvalue weighted by Crippen LogP contribution is 2.19. The third kappa shape index (κ3) is 4.95. The Morgan fingerprint density at radius 3 is 2.65 bits per heavy atom. The molecule has 1 saturated heterocycles. The standard InChI is InChI=1S/C11H19N3O3/c1-8(15)6-9-4-2-3-5-14(9)7-10(16)13-11(12)17/h9H,2-7H2,1H3,(H3,12,13,16,17). The van der Waals surface area contributed by atoms with Gasteiger partial charge < -0.3 is 5.73 Å². The summed E-state index contributed by atoms with van der Waals surface area (Å²) in [6.45, 7) is 2.46. The van der Waals surface area contributed by atoms with E-state index >= 15 is 0 Å². The van der Waals surface area contributed by atoms with Crippen LogP contribution in [0.2, 0.25) is 0 Å². The maximum Gasteiger partial charge on any atom is 0.318 e. The number of Topliss-reactive ketones (excluding diaryl/α,β-unsaturated/α-hetero) is 1. The van der Waals surface area contributed by atoms with E-state index in [1.54, 1.807) is 6.92 Å². The van der Waals surface area contributed by atoms with Crippen LogP contribution in [0.15, 0.2) is 0 Å². The van der Waals surface area contributed by atoms with Crippen LogP contribution in [-0.4, -0.2) is 41.8 Å². The molecule has 6 heteroatoms. The van der Waals surface area contributed by atoms with E-state index in [0.717, 1.165) is 25.8 Å². The lowest BCUT2D eigenvalue weighted by atomic mass is 9.98. The Bertz CT molecular complexity index is 317. The lowest BCUT2D eigenvalue weighted by molar-refractivity contribution is -0.124. The van der Waals surface area contributed by atoms with Crippen LogP contribution in [0.1, 0.15) is 32.6 Å². The number of carbonyl (C=O) groups is 3. The quantitative estimate of drug-likeness (QED) is 0.725. The fraction of sp³-hybridized carbons (Fsp3) is 0.727. The van der Waals surface area contributed by atoms with E-state index in [0.29, 0.717) is 6.42 Å². The van der Waals surface area contributed by atoms with Crippen molar-refractivity contribution in [2.24, 2.45) is 5.73 Å². The molecule has 1 aliphatic rings. The number of primary amides is 1. The molecule has 1 atom stereocenters. The van der Waals surface area contributed by atoms with E-state index < -0.39 is 11.9 Å². The molecule has 17 heavy (non-hydrogen) atoms. The number of hydrogen-bond acceptors (Lipinski definition) is 4. The van der Waals surface area contributed by atoms with Gasteiger partial charge in [-0.2, -0.15) is 0 Å². The summed E-state index contributed by atoms with van der Waals surface area (Å²) in [4.78, 5) is 35.0. The zero-order valence-corrected chi connectivity index (χ0v) is 10.1. The van der Waals surface area contributed by atoms with Crippen molar-refractivity contribution >= 4 is 17.7 Å². The molecule has 3 amide bonds. The lowest BCUT2D eigenvalue weighted by Gasteiger charge is -2.34. The second-order valence-electron chi connectivity index (χ2n) is 4.44. The summed E-state index contributed by atoms with van der Waals surface area (Å²) in [5, 5.41) is 2.04. The van der Waals surface area contributed by atoms with Gasteiger partial charge >= 0.3 is 6.03 Å². The monoisotopic (exact) mass is 241 g/mol. The van der Waals surface area contributed by atoms with Gasteiger partial charge in [0.25, 0.3) is 0 Å². The first-order valence-electron chi connectivity index (χ1n) is 5.82. The van der Waals surface area contributed by atoms with Crippen molar-refractivity contribution in [1.82, 2.24) is 10.2 Å². The van der Waals surface area contributed by atoms with E-state index in [2.05, 4.69) is 0 Å². The second-order valence-corrected chi connectivity index (χ2v) is 4.44. The van der Waals surface area contributed by atoms with Crippen molar-refractivity contribution in [3.05, 3.63) is 0 Å². The molecule has 0 aromatic carbocycles. The summed E-state index contributed by atoms with van der Waals surface area (Å²) < 4.78 is 0. The van der Waals surface area contributed by atoms with Crippen LogP contribution in [0, 0.1) is 0 Å². The largest absolute Gasteiger partial charge is 0.351 e. The van der Waals surface area contributed by atoms with Gasteiger partial charge in [-0.1, -0.05) is 6.42 Å². The van der Waals surface area contributed by atoms with Crippen LogP contribution >= 0.6 is 0 Å². The van der Waals surface area contributed by atoms with Gasteiger partial charge in [-0.25, -0.2) is 4.79 Å². The fourth-order valence-corrected chi connectivity index (χ4v) is 2.19. The minimum absolute atomic E-state index is 0.111. The number of rotatable bonds is 4. The SMILES string of the molecule is CC(=O)CC1CCCCN1CC(=O)NC(N)=O. The van der Waals surface area contributed by atoms with Gasteiger partial charge in [0.05, 0.1) is 6.54 Å². The van der Waals surface area contributed by atoms with Crippen LogP contribution < -0.4 is 11.1 Å². The maximum absolute atomic E-state index is 11.4. The molecule has 0 radical (unpaired) electrons. The highest BCUT2D eigenvalue weighted by molar-refractivity contribution is 5.94. The number of imide groups is 1. The number of nitrogens with two attached hydrogens (primary N) is 1. The molecular weight excluding hydrogens is 222 g/mol. The van der Waals surface area contributed by atoms with Gasteiger partial charge in [0.2, 0.25) is 5.91 Å². The maximum atomic E-state index is 11.4. The van der Waals surface area contributed by atoms with Crippen LogP contribution in [0.25, 0.3) is 0 Å². The number of hydrogen-bond donors (Lipinski definition) is 2. The van der Waals surface area contributed by atoms with Gasteiger partial charge in [-0.05, 0) is 26.3 Å². The highest BCUT2D eigenvalue weighted by atomic mass is 16.2. The molecule has 6 nitrogen and oxygen atoms in total. The summed E-state index contributed by atoms with van der Waals surface area (Å²) >= 11 is 0. The van der Waals surface area contributed by atoms with Crippen molar-refractivity contribution < 1.29 is 14.4 Å². The molecule has 0 aromatic rings. The lowest BCUT2D eigenvalue weighted by Crippen LogP contribution is -2.48. The van der Waals surface area contributed by atoms with Crippen molar-refractivity contribution in [2.75, 3.05) is 13.1 Å². The van der Waals surface area contributed by atoms with Crippen molar-refractivity contribution in [1.29, 1.82) is 0 Å². The molecule has 0 aliphatic carbocycles. The molecule has 96 valence electrons. The molecule has 3 N–H and O–H groups in total. The Labute approximate surface area is 101 Å². The summed E-state index contributed by atoms with van der Waals surface area (Å²) in [6, 6.07) is -0.727. The number of urea groups is 1. The third-order valence-corrected chi connectivity index (χ3v) is 2.88. The zero-order valence-electron chi connectivity index (χ0n) is 10.1. The Kier molecular flexibility index (Phi) is 5.09. The summed E-state index contributed by atoms with van der Waals surface area (Å²) in [6.07, 6.45) is 3.47. The van der Waals surface area contributed by atoms with Gasteiger partial charge in [-0.3, -0.25) is 19.8 Å². The van der Waals surface area contributed by atoms with E-state index in [9.17, 15) is 14.4 Å². The molecule has 0 spiro atoms. The van der Waals surface area contributed by atoms with E-state index in [-0.39, 0.29) is 18.4 Å². The van der Waals surface area contributed by atoms with Gasteiger partial charge in [0.1, 0.15) is 5.78 Å². The van der Waals surface area contributed by atoms with Crippen molar-refractivity contribution in [2.45, 2.75) is 38.6 Å². The summed E-state index contributed by atoms with van der Waals surface area (Å²) in [5.74, 6) is -0.287. The summed E-state index contributed by atoms with van der Waals surface area (Å²) in [5.41, 5.74) is 4.87. The Balaban J connectivity index is 2.50. The number of amides is 3. The molecule has 0 bridgehead atoms. The third-order valence-electron chi connectivity index (χ3n) is 2.88. The van der Waals surface area contributed by atoms with Crippen molar-refractivity contribution in [3.8, 4) is 0 Å². The predicted molar refractivity (Wildman–Crippen MR) is 62.2 cm³/mol. The summed E-state index contributed by atoms with van der Waals surface area (Å²) in [7, 11) is 0. The number of carbonyl (C=O) groups excluding carboxylic acids is 3. The average Bonchev–Trinajstić information content (AvgIpc) is 2.18. The first kappa shape index (κ1) is 13.6. The van der Waals surface area contributed by atoms with Gasteiger partial charge in [0.15, 0.2) is 0 Å². The van der Waals surface area contributed by atoms with E-state index in [1.165, 1.54) is 0 Å². The zero-order chi connectivity index (χ0) is 12.8. The number of nitrogens with one attached hydrogen (secondary N) is 1. The van der Waals surface area contributed by atoms with Crippen LogP contribution in [0.3, 0.4) is 0 Å². The van der Waals surface area contributed by atoms with E-state index in [4.69, 9.17) is 5.73 Å². The molecule has 1 unspecified atom stereocenters. The first-order valence-corrected chi connectivity index (χ1v) is 5.82. The number of piperidine rings is 1. The van der Waals surface area contributed by atoms with Gasteiger partial charge in [-0.15, -0.1) is 0 Å². The molecule has 1 rings (SSSR count). The molecule has 0 saturated carbocycles. The Morgan fingerprint density at radius 1 is 1.35 bits per heavy atom. The Hall–Kier alpha value is -1.43. The fourth-order valence-electron chi connectivity index (χ4n) is 2.19. The predicted octanol–water partition coefficient (Wildman–Crippen LogP) is 0.0149.